The molecule has 0 aliphatic rings. The van der Waals surface area contributed by atoms with Crippen LogP contribution in [0.2, 0.25) is 0 Å². The average molecular weight is 270 g/mol. The van der Waals surface area contributed by atoms with E-state index in [1.165, 1.54) is 18.2 Å². The van der Waals surface area contributed by atoms with E-state index in [2.05, 4.69) is 10.2 Å². The fraction of sp³-hybridized carbons (Fsp3) is 0.133. The van der Waals surface area contributed by atoms with Crippen LogP contribution in [-0.2, 0) is 0 Å². The first kappa shape index (κ1) is 13.7. The second-order valence-electron chi connectivity index (χ2n) is 4.50. The molecule has 0 saturated carbocycles. The third kappa shape index (κ3) is 3.00. The number of rotatable bonds is 3. The van der Waals surface area contributed by atoms with Crippen molar-refractivity contribution in [3.63, 3.8) is 0 Å². The Bertz CT molecular complexity index is 694. The van der Waals surface area contributed by atoms with Crippen LogP contribution < -0.4 is 0 Å². The van der Waals surface area contributed by atoms with Crippen molar-refractivity contribution >= 4 is 17.3 Å². The Balaban J connectivity index is 2.32. The molecule has 20 heavy (non-hydrogen) atoms. The van der Waals surface area contributed by atoms with Crippen molar-refractivity contribution in [3.8, 4) is 5.75 Å². The van der Waals surface area contributed by atoms with E-state index in [1.54, 1.807) is 0 Å². The zero-order chi connectivity index (χ0) is 14.7. The number of carboxylic acids is 1. The number of hydrogen-bond acceptors (Lipinski definition) is 4. The van der Waals surface area contributed by atoms with Crippen LogP contribution in [0, 0.1) is 13.8 Å². The van der Waals surface area contributed by atoms with Crippen LogP contribution in [0.3, 0.4) is 0 Å². The van der Waals surface area contributed by atoms with Gasteiger partial charge in [-0.3, -0.25) is 0 Å². The van der Waals surface area contributed by atoms with Gasteiger partial charge in [-0.2, -0.15) is 10.2 Å². The highest BCUT2D eigenvalue weighted by atomic mass is 16.4. The summed E-state index contributed by atoms with van der Waals surface area (Å²) < 4.78 is 0. The van der Waals surface area contributed by atoms with E-state index in [-0.39, 0.29) is 11.3 Å². The van der Waals surface area contributed by atoms with E-state index in [0.29, 0.717) is 5.69 Å². The number of carboxylic acid groups (broad SMARTS) is 1. The molecule has 102 valence electrons. The van der Waals surface area contributed by atoms with Crippen molar-refractivity contribution in [1.29, 1.82) is 0 Å². The highest BCUT2D eigenvalue weighted by Gasteiger charge is 2.09. The first-order valence-electron chi connectivity index (χ1n) is 6.02. The molecule has 0 unspecified atom stereocenters. The monoisotopic (exact) mass is 270 g/mol. The number of aryl methyl sites for hydroxylation is 2. The summed E-state index contributed by atoms with van der Waals surface area (Å²) in [5, 5.41) is 26.4. The van der Waals surface area contributed by atoms with E-state index in [0.717, 1.165) is 16.8 Å². The number of phenols is 1. The van der Waals surface area contributed by atoms with Gasteiger partial charge in [0.25, 0.3) is 0 Å². The van der Waals surface area contributed by atoms with E-state index in [1.807, 2.05) is 32.0 Å². The lowest BCUT2D eigenvalue weighted by Crippen LogP contribution is -1.95. The molecule has 0 bridgehead atoms. The molecule has 0 amide bonds. The van der Waals surface area contributed by atoms with E-state index < -0.39 is 5.97 Å². The summed E-state index contributed by atoms with van der Waals surface area (Å²) in [5.74, 6) is -1.49. The minimum Gasteiger partial charge on any atom is -0.507 e. The molecule has 0 fully saturated rings. The molecule has 0 radical (unpaired) electrons. The normalized spacial score (nSPS) is 10.9. The van der Waals surface area contributed by atoms with Gasteiger partial charge in [-0.1, -0.05) is 17.7 Å². The Labute approximate surface area is 116 Å². The van der Waals surface area contributed by atoms with Gasteiger partial charge < -0.3 is 10.2 Å². The van der Waals surface area contributed by atoms with Gasteiger partial charge in [0.05, 0.1) is 11.4 Å². The van der Waals surface area contributed by atoms with E-state index in [4.69, 9.17) is 5.11 Å². The van der Waals surface area contributed by atoms with Gasteiger partial charge in [-0.05, 0) is 43.7 Å². The van der Waals surface area contributed by atoms with Crippen molar-refractivity contribution in [2.75, 3.05) is 0 Å². The minimum atomic E-state index is -1.20. The fourth-order valence-electron chi connectivity index (χ4n) is 1.79. The van der Waals surface area contributed by atoms with Crippen LogP contribution in [0.25, 0.3) is 0 Å². The number of azo groups is 1. The summed E-state index contributed by atoms with van der Waals surface area (Å²) in [6.07, 6.45) is 0. The van der Waals surface area contributed by atoms with Gasteiger partial charge in [0.1, 0.15) is 11.3 Å². The molecular weight excluding hydrogens is 256 g/mol. The zero-order valence-electron chi connectivity index (χ0n) is 11.2. The Morgan fingerprint density at radius 2 is 1.80 bits per heavy atom. The molecule has 0 spiro atoms. The Morgan fingerprint density at radius 3 is 2.45 bits per heavy atom. The van der Waals surface area contributed by atoms with E-state index in [9.17, 15) is 9.90 Å². The van der Waals surface area contributed by atoms with Crippen LogP contribution in [0.1, 0.15) is 21.5 Å². The number of aromatic hydroxyl groups is 1. The maximum absolute atomic E-state index is 10.9. The lowest BCUT2D eigenvalue weighted by molar-refractivity contribution is 0.0694. The molecular formula is C15H14N2O3. The van der Waals surface area contributed by atoms with Crippen LogP contribution in [0.5, 0.6) is 5.75 Å². The molecule has 2 aromatic carbocycles. The molecule has 0 atom stereocenters. The summed E-state index contributed by atoms with van der Waals surface area (Å²) in [6.45, 7) is 3.92. The molecule has 2 rings (SSSR count). The van der Waals surface area contributed by atoms with Gasteiger partial charge in [0.2, 0.25) is 0 Å². The molecule has 0 saturated heterocycles. The summed E-state index contributed by atoms with van der Waals surface area (Å²) >= 11 is 0. The first-order valence-corrected chi connectivity index (χ1v) is 6.02. The SMILES string of the molecule is Cc1ccc(N=Nc2ccc(O)c(C(=O)O)c2)c(C)c1. The molecule has 5 nitrogen and oxygen atoms in total. The molecule has 0 heterocycles. The highest BCUT2D eigenvalue weighted by Crippen LogP contribution is 2.26. The first-order chi connectivity index (χ1) is 9.47. The van der Waals surface area contributed by atoms with Gasteiger partial charge in [-0.15, -0.1) is 0 Å². The summed E-state index contributed by atoms with van der Waals surface area (Å²) in [6, 6.07) is 9.86. The van der Waals surface area contributed by atoms with Crippen LogP contribution >= 0.6 is 0 Å². The van der Waals surface area contributed by atoms with Gasteiger partial charge >= 0.3 is 5.97 Å². The number of carbonyl (C=O) groups is 1. The van der Waals surface area contributed by atoms with Gasteiger partial charge in [0, 0.05) is 0 Å². The van der Waals surface area contributed by atoms with Crippen molar-refractivity contribution in [3.05, 3.63) is 53.1 Å². The van der Waals surface area contributed by atoms with E-state index >= 15 is 0 Å². The summed E-state index contributed by atoms with van der Waals surface area (Å²) in [7, 11) is 0. The molecule has 5 heteroatoms. The largest absolute Gasteiger partial charge is 0.507 e. The Morgan fingerprint density at radius 1 is 1.05 bits per heavy atom. The summed E-state index contributed by atoms with van der Waals surface area (Å²) in [4.78, 5) is 10.9. The lowest BCUT2D eigenvalue weighted by Gasteiger charge is -2.01. The average Bonchev–Trinajstić information content (AvgIpc) is 2.39. The third-order valence-corrected chi connectivity index (χ3v) is 2.84. The zero-order valence-corrected chi connectivity index (χ0v) is 11.2. The lowest BCUT2D eigenvalue weighted by atomic mass is 10.1. The van der Waals surface area contributed by atoms with Crippen molar-refractivity contribution in [2.24, 2.45) is 10.2 Å². The quantitative estimate of drug-likeness (QED) is 0.823. The van der Waals surface area contributed by atoms with Crippen LogP contribution in [0.4, 0.5) is 11.4 Å². The minimum absolute atomic E-state index is 0.193. The molecule has 0 aliphatic carbocycles. The topological polar surface area (TPSA) is 82.2 Å². The van der Waals surface area contributed by atoms with Crippen molar-refractivity contribution in [1.82, 2.24) is 0 Å². The van der Waals surface area contributed by atoms with Crippen LogP contribution in [-0.4, -0.2) is 16.2 Å². The maximum atomic E-state index is 10.9. The fourth-order valence-corrected chi connectivity index (χ4v) is 1.79. The van der Waals surface area contributed by atoms with Gasteiger partial charge in [-0.25, -0.2) is 4.79 Å². The molecule has 0 aromatic heterocycles. The predicted octanol–water partition coefficient (Wildman–Crippen LogP) is 4.12. The number of hydrogen-bond donors (Lipinski definition) is 2. The number of nitrogens with zero attached hydrogens (tertiary/aromatic N) is 2. The van der Waals surface area contributed by atoms with Gasteiger partial charge in [0.15, 0.2) is 0 Å². The Kier molecular flexibility index (Phi) is 3.79. The Hall–Kier alpha value is -2.69. The number of benzene rings is 2. The van der Waals surface area contributed by atoms with Crippen molar-refractivity contribution in [2.45, 2.75) is 13.8 Å². The molecule has 2 N–H and O–H groups in total. The third-order valence-electron chi connectivity index (χ3n) is 2.84. The van der Waals surface area contributed by atoms with Crippen molar-refractivity contribution < 1.29 is 15.0 Å². The highest BCUT2D eigenvalue weighted by molar-refractivity contribution is 5.91. The van der Waals surface area contributed by atoms with Crippen LogP contribution in [0.15, 0.2) is 46.6 Å². The second-order valence-corrected chi connectivity index (χ2v) is 4.50. The standard InChI is InChI=1S/C15H14N2O3/c1-9-3-5-13(10(2)7-9)17-16-11-4-6-14(18)12(8-11)15(19)20/h3-8,18H,1-2H3,(H,19,20). The smallest absolute Gasteiger partial charge is 0.339 e. The summed E-state index contributed by atoms with van der Waals surface area (Å²) in [5.41, 5.74) is 3.04. The molecule has 0 aliphatic heterocycles. The second kappa shape index (κ2) is 5.52. The maximum Gasteiger partial charge on any atom is 0.339 e. The number of aromatic carboxylic acids is 1. The molecule has 2 aromatic rings. The predicted molar refractivity (Wildman–Crippen MR) is 75.2 cm³/mol.